The van der Waals surface area contributed by atoms with Gasteiger partial charge in [-0.15, -0.1) is 24.0 Å². The Labute approximate surface area is 191 Å². The van der Waals surface area contributed by atoms with Gasteiger partial charge >= 0.3 is 0 Å². The van der Waals surface area contributed by atoms with E-state index in [2.05, 4.69) is 50.4 Å². The lowest BCUT2D eigenvalue weighted by Gasteiger charge is -2.33. The van der Waals surface area contributed by atoms with Crippen LogP contribution in [0.3, 0.4) is 0 Å². The van der Waals surface area contributed by atoms with Crippen LogP contribution in [0.1, 0.15) is 18.2 Å². The van der Waals surface area contributed by atoms with Crippen molar-refractivity contribution in [3.8, 4) is 0 Å². The van der Waals surface area contributed by atoms with E-state index in [0.29, 0.717) is 6.54 Å². The summed E-state index contributed by atoms with van der Waals surface area (Å²) < 4.78 is 0. The predicted octanol–water partition coefficient (Wildman–Crippen LogP) is 2.14. The second-order valence-electron chi connectivity index (χ2n) is 7.01. The number of likely N-dealkylation sites (N-methyl/N-ethyl adjacent to an activating group) is 1. The summed E-state index contributed by atoms with van der Waals surface area (Å²) in [7, 11) is 2.17. The van der Waals surface area contributed by atoms with Crippen molar-refractivity contribution in [3.63, 3.8) is 0 Å². The Balaban J connectivity index is 0.00000300. The molecule has 1 fully saturated rings. The topological polar surface area (TPSA) is 68.7 Å². The summed E-state index contributed by atoms with van der Waals surface area (Å²) >= 11 is 0. The fourth-order valence-electron chi connectivity index (χ4n) is 3.13. The molecule has 0 aromatic carbocycles. The molecule has 158 valence electrons. The summed E-state index contributed by atoms with van der Waals surface area (Å²) in [6.45, 7) is 8.53. The zero-order chi connectivity index (χ0) is 19.6. The summed E-state index contributed by atoms with van der Waals surface area (Å²) in [5.74, 6) is 1.88. The molecule has 0 unspecified atom stereocenters. The van der Waals surface area contributed by atoms with Crippen LogP contribution in [0.15, 0.2) is 47.7 Å². The number of hydrogen-bond donors (Lipinski definition) is 2. The van der Waals surface area contributed by atoms with Crippen molar-refractivity contribution in [2.24, 2.45) is 4.99 Å². The van der Waals surface area contributed by atoms with Gasteiger partial charge in [0, 0.05) is 63.8 Å². The Kier molecular flexibility index (Phi) is 10.1. The number of pyridine rings is 2. The van der Waals surface area contributed by atoms with Crippen molar-refractivity contribution in [2.45, 2.75) is 19.9 Å². The molecule has 1 aliphatic heterocycles. The SMILES string of the molecule is CCNC(=NCc1ccnc(N2CCN(C)CC2)c1)NCCc1ccccn1.I. The van der Waals surface area contributed by atoms with Gasteiger partial charge in [-0.3, -0.25) is 4.98 Å². The van der Waals surface area contributed by atoms with Crippen LogP contribution in [-0.2, 0) is 13.0 Å². The molecular weight excluding hydrogens is 477 g/mol. The molecule has 0 bridgehead atoms. The zero-order valence-corrected chi connectivity index (χ0v) is 19.7. The molecule has 0 radical (unpaired) electrons. The summed E-state index contributed by atoms with van der Waals surface area (Å²) in [5.41, 5.74) is 2.25. The lowest BCUT2D eigenvalue weighted by Crippen LogP contribution is -2.44. The van der Waals surface area contributed by atoms with Crippen molar-refractivity contribution in [2.75, 3.05) is 51.2 Å². The molecule has 0 saturated carbocycles. The molecule has 2 aromatic heterocycles. The first-order chi connectivity index (χ1) is 13.7. The number of aromatic nitrogens is 2. The molecular formula is C21H32IN7. The van der Waals surface area contributed by atoms with E-state index in [9.17, 15) is 0 Å². The Hall–Kier alpha value is -1.94. The summed E-state index contributed by atoms with van der Waals surface area (Å²) in [6.07, 6.45) is 4.59. The number of nitrogens with zero attached hydrogens (tertiary/aromatic N) is 5. The van der Waals surface area contributed by atoms with E-state index in [4.69, 9.17) is 4.99 Å². The highest BCUT2D eigenvalue weighted by atomic mass is 127. The molecule has 3 rings (SSSR count). The molecule has 29 heavy (non-hydrogen) atoms. The molecule has 8 heteroatoms. The third-order valence-corrected chi connectivity index (χ3v) is 4.80. The number of rotatable bonds is 7. The fourth-order valence-corrected chi connectivity index (χ4v) is 3.13. The first-order valence-corrected chi connectivity index (χ1v) is 10.0. The summed E-state index contributed by atoms with van der Waals surface area (Å²) in [4.78, 5) is 18.3. The second kappa shape index (κ2) is 12.6. The van der Waals surface area contributed by atoms with Crippen LogP contribution in [0.4, 0.5) is 5.82 Å². The third kappa shape index (κ3) is 7.77. The van der Waals surface area contributed by atoms with E-state index < -0.39 is 0 Å². The van der Waals surface area contributed by atoms with Crippen molar-refractivity contribution < 1.29 is 0 Å². The van der Waals surface area contributed by atoms with Gasteiger partial charge in [0.15, 0.2) is 5.96 Å². The van der Waals surface area contributed by atoms with Crippen LogP contribution >= 0.6 is 24.0 Å². The highest BCUT2D eigenvalue weighted by Gasteiger charge is 2.15. The van der Waals surface area contributed by atoms with E-state index in [0.717, 1.165) is 63.2 Å². The maximum absolute atomic E-state index is 4.73. The van der Waals surface area contributed by atoms with Crippen molar-refractivity contribution in [1.82, 2.24) is 25.5 Å². The van der Waals surface area contributed by atoms with Crippen LogP contribution < -0.4 is 15.5 Å². The first kappa shape index (κ1) is 23.3. The molecule has 0 spiro atoms. The maximum Gasteiger partial charge on any atom is 0.191 e. The van der Waals surface area contributed by atoms with E-state index in [-0.39, 0.29) is 24.0 Å². The molecule has 3 heterocycles. The van der Waals surface area contributed by atoms with Gasteiger partial charge in [0.25, 0.3) is 0 Å². The molecule has 0 aliphatic carbocycles. The molecule has 0 atom stereocenters. The van der Waals surface area contributed by atoms with Gasteiger partial charge in [0.1, 0.15) is 5.82 Å². The number of piperazine rings is 1. The van der Waals surface area contributed by atoms with E-state index in [1.165, 1.54) is 5.56 Å². The van der Waals surface area contributed by atoms with Gasteiger partial charge in [-0.1, -0.05) is 6.07 Å². The van der Waals surface area contributed by atoms with Gasteiger partial charge in [0.2, 0.25) is 0 Å². The van der Waals surface area contributed by atoms with E-state index >= 15 is 0 Å². The number of guanidine groups is 1. The average Bonchev–Trinajstić information content (AvgIpc) is 2.73. The number of hydrogen-bond acceptors (Lipinski definition) is 5. The van der Waals surface area contributed by atoms with Crippen molar-refractivity contribution >= 4 is 35.8 Å². The minimum Gasteiger partial charge on any atom is -0.357 e. The second-order valence-corrected chi connectivity index (χ2v) is 7.01. The molecule has 0 amide bonds. The maximum atomic E-state index is 4.73. The van der Waals surface area contributed by atoms with Crippen LogP contribution in [0.2, 0.25) is 0 Å². The average molecular weight is 509 g/mol. The van der Waals surface area contributed by atoms with Gasteiger partial charge < -0.3 is 20.4 Å². The van der Waals surface area contributed by atoms with E-state index in [1.54, 1.807) is 0 Å². The highest BCUT2D eigenvalue weighted by Crippen LogP contribution is 2.15. The highest BCUT2D eigenvalue weighted by molar-refractivity contribution is 14.0. The quantitative estimate of drug-likeness (QED) is 0.339. The lowest BCUT2D eigenvalue weighted by atomic mass is 10.2. The monoisotopic (exact) mass is 509 g/mol. The Morgan fingerprint density at radius 2 is 1.90 bits per heavy atom. The molecule has 7 nitrogen and oxygen atoms in total. The Morgan fingerprint density at radius 3 is 2.62 bits per heavy atom. The minimum atomic E-state index is 0. The van der Waals surface area contributed by atoms with E-state index in [1.807, 2.05) is 36.7 Å². The van der Waals surface area contributed by atoms with Gasteiger partial charge in [-0.25, -0.2) is 9.98 Å². The van der Waals surface area contributed by atoms with Crippen LogP contribution in [-0.4, -0.2) is 67.1 Å². The summed E-state index contributed by atoms with van der Waals surface area (Å²) in [5, 5.41) is 6.70. The van der Waals surface area contributed by atoms with Crippen LogP contribution in [0.5, 0.6) is 0 Å². The zero-order valence-electron chi connectivity index (χ0n) is 17.3. The Morgan fingerprint density at radius 1 is 1.07 bits per heavy atom. The standard InChI is InChI=1S/C21H31N7.HI/c1-3-22-21(25-11-8-19-6-4-5-9-23-19)26-17-18-7-10-24-20(16-18)28-14-12-27(2)13-15-28;/h4-7,9-10,16H,3,8,11-15,17H2,1-2H3,(H2,22,25,26);1H. The van der Waals surface area contributed by atoms with Crippen molar-refractivity contribution in [1.29, 1.82) is 0 Å². The van der Waals surface area contributed by atoms with Gasteiger partial charge in [-0.05, 0) is 43.8 Å². The number of nitrogens with one attached hydrogen (secondary N) is 2. The number of aliphatic imine (C=N–C) groups is 1. The van der Waals surface area contributed by atoms with Crippen LogP contribution in [0.25, 0.3) is 0 Å². The smallest absolute Gasteiger partial charge is 0.191 e. The molecule has 2 N–H and O–H groups in total. The van der Waals surface area contributed by atoms with Gasteiger partial charge in [-0.2, -0.15) is 0 Å². The molecule has 1 aliphatic rings. The summed E-state index contributed by atoms with van der Waals surface area (Å²) in [6, 6.07) is 10.2. The largest absolute Gasteiger partial charge is 0.357 e. The normalized spacial score (nSPS) is 15.0. The minimum absolute atomic E-state index is 0. The number of halogens is 1. The first-order valence-electron chi connectivity index (χ1n) is 10.0. The lowest BCUT2D eigenvalue weighted by molar-refractivity contribution is 0.312. The predicted molar refractivity (Wildman–Crippen MR) is 130 cm³/mol. The van der Waals surface area contributed by atoms with Gasteiger partial charge in [0.05, 0.1) is 6.54 Å². The fraction of sp³-hybridized carbons (Fsp3) is 0.476. The third-order valence-electron chi connectivity index (χ3n) is 4.80. The molecule has 2 aromatic rings. The van der Waals surface area contributed by atoms with Crippen LogP contribution in [0, 0.1) is 0 Å². The van der Waals surface area contributed by atoms with Crippen molar-refractivity contribution in [3.05, 3.63) is 54.0 Å². The Bertz CT molecular complexity index is 746. The number of anilines is 1. The molecule has 1 saturated heterocycles.